The minimum absolute atomic E-state index is 0.0200. The monoisotopic (exact) mass is 293 g/mol. The highest BCUT2D eigenvalue weighted by Crippen LogP contribution is 2.42. The van der Waals surface area contributed by atoms with Crippen molar-refractivity contribution in [2.45, 2.75) is 38.0 Å². The van der Waals surface area contributed by atoms with Crippen LogP contribution in [-0.2, 0) is 4.79 Å². The quantitative estimate of drug-likeness (QED) is 0.833. The van der Waals surface area contributed by atoms with Gasteiger partial charge in [0, 0.05) is 0 Å². The average molecular weight is 294 g/mol. The third kappa shape index (κ3) is 2.78. The standard InChI is InChI=1S/C16H20ClNO2/c1-10-2-4-11(5-3-10)16(17)12-6-7-14-13(8-12)18-15(19)9-20-14/h6-8,10-11,16H,2-5,9H2,1H3,(H,18,19). The van der Waals surface area contributed by atoms with E-state index in [0.29, 0.717) is 5.92 Å². The summed E-state index contributed by atoms with van der Waals surface area (Å²) in [5.41, 5.74) is 1.82. The van der Waals surface area contributed by atoms with Crippen LogP contribution in [0.2, 0.25) is 0 Å². The van der Waals surface area contributed by atoms with Crippen LogP contribution in [0.5, 0.6) is 5.75 Å². The smallest absolute Gasteiger partial charge is 0.262 e. The second-order valence-corrected chi connectivity index (χ2v) is 6.48. The van der Waals surface area contributed by atoms with Crippen LogP contribution >= 0.6 is 11.6 Å². The van der Waals surface area contributed by atoms with Gasteiger partial charge in [0.1, 0.15) is 5.75 Å². The van der Waals surface area contributed by atoms with Crippen LogP contribution in [0.4, 0.5) is 5.69 Å². The minimum Gasteiger partial charge on any atom is -0.482 e. The highest BCUT2D eigenvalue weighted by molar-refractivity contribution is 6.21. The highest BCUT2D eigenvalue weighted by Gasteiger charge is 2.27. The molecule has 0 aromatic heterocycles. The first-order chi connectivity index (χ1) is 9.63. The molecule has 108 valence electrons. The number of hydrogen-bond acceptors (Lipinski definition) is 2. The number of amides is 1. The Labute approximate surface area is 124 Å². The molecule has 1 aromatic carbocycles. The summed E-state index contributed by atoms with van der Waals surface area (Å²) < 4.78 is 5.37. The predicted molar refractivity (Wildman–Crippen MR) is 80.3 cm³/mol. The molecule has 1 heterocycles. The van der Waals surface area contributed by atoms with Gasteiger partial charge in [-0.3, -0.25) is 4.79 Å². The Kier molecular flexibility index (Phi) is 3.88. The molecule has 0 saturated heterocycles. The van der Waals surface area contributed by atoms with Crippen LogP contribution in [0.25, 0.3) is 0 Å². The van der Waals surface area contributed by atoms with E-state index >= 15 is 0 Å². The molecule has 1 atom stereocenters. The molecule has 1 saturated carbocycles. The van der Waals surface area contributed by atoms with Crippen LogP contribution in [0, 0.1) is 11.8 Å². The lowest BCUT2D eigenvalue weighted by atomic mass is 9.80. The van der Waals surface area contributed by atoms with Gasteiger partial charge in [0.2, 0.25) is 0 Å². The van der Waals surface area contributed by atoms with E-state index in [1.54, 1.807) is 0 Å². The van der Waals surface area contributed by atoms with Crippen molar-refractivity contribution in [1.29, 1.82) is 0 Å². The molecule has 0 bridgehead atoms. The number of halogens is 1. The van der Waals surface area contributed by atoms with Crippen LogP contribution in [0.1, 0.15) is 43.5 Å². The fourth-order valence-electron chi connectivity index (χ4n) is 3.12. The zero-order chi connectivity index (χ0) is 14.1. The zero-order valence-electron chi connectivity index (χ0n) is 11.7. The van der Waals surface area contributed by atoms with E-state index in [1.165, 1.54) is 25.7 Å². The third-order valence-corrected chi connectivity index (χ3v) is 5.04. The van der Waals surface area contributed by atoms with Gasteiger partial charge in [0.05, 0.1) is 11.1 Å². The van der Waals surface area contributed by atoms with E-state index in [-0.39, 0.29) is 17.9 Å². The number of ether oxygens (including phenoxy) is 1. The largest absolute Gasteiger partial charge is 0.482 e. The highest BCUT2D eigenvalue weighted by atomic mass is 35.5. The van der Waals surface area contributed by atoms with Crippen molar-refractivity contribution in [3.63, 3.8) is 0 Å². The van der Waals surface area contributed by atoms with E-state index in [4.69, 9.17) is 16.3 Å². The first kappa shape index (κ1) is 13.7. The van der Waals surface area contributed by atoms with Crippen molar-refractivity contribution in [2.75, 3.05) is 11.9 Å². The Hall–Kier alpha value is -1.22. The number of benzene rings is 1. The first-order valence-corrected chi connectivity index (χ1v) is 7.78. The van der Waals surface area contributed by atoms with E-state index in [0.717, 1.165) is 22.9 Å². The second-order valence-electron chi connectivity index (χ2n) is 6.01. The zero-order valence-corrected chi connectivity index (χ0v) is 12.5. The molecule has 1 N–H and O–H groups in total. The number of nitrogens with one attached hydrogen (secondary N) is 1. The number of hydrogen-bond donors (Lipinski definition) is 1. The summed E-state index contributed by atoms with van der Waals surface area (Å²) in [6.45, 7) is 2.41. The molecule has 3 nitrogen and oxygen atoms in total. The van der Waals surface area contributed by atoms with E-state index < -0.39 is 0 Å². The molecule has 2 aliphatic rings. The van der Waals surface area contributed by atoms with Gasteiger partial charge in [-0.1, -0.05) is 25.8 Å². The summed E-state index contributed by atoms with van der Waals surface area (Å²) in [5.74, 6) is 1.99. The predicted octanol–water partition coefficient (Wildman–Crippen LogP) is 4.12. The van der Waals surface area contributed by atoms with Crippen molar-refractivity contribution in [2.24, 2.45) is 11.8 Å². The van der Waals surface area contributed by atoms with Crippen molar-refractivity contribution in [1.82, 2.24) is 0 Å². The van der Waals surface area contributed by atoms with Crippen molar-refractivity contribution >= 4 is 23.2 Å². The Bertz CT molecular complexity index is 509. The molecule has 0 spiro atoms. The fraction of sp³-hybridized carbons (Fsp3) is 0.562. The van der Waals surface area contributed by atoms with Crippen LogP contribution in [-0.4, -0.2) is 12.5 Å². The maximum atomic E-state index is 11.4. The molecule has 1 aromatic rings. The summed E-state index contributed by atoms with van der Waals surface area (Å²) >= 11 is 6.66. The molecular weight excluding hydrogens is 274 g/mol. The molecule has 0 radical (unpaired) electrons. The van der Waals surface area contributed by atoms with E-state index in [2.05, 4.69) is 12.2 Å². The summed E-state index contributed by atoms with van der Waals surface area (Å²) in [6, 6.07) is 5.89. The Morgan fingerprint density at radius 2 is 2.05 bits per heavy atom. The van der Waals surface area contributed by atoms with Gasteiger partial charge < -0.3 is 10.1 Å². The van der Waals surface area contributed by atoms with E-state index in [1.807, 2.05) is 18.2 Å². The van der Waals surface area contributed by atoms with Gasteiger partial charge in [-0.25, -0.2) is 0 Å². The topological polar surface area (TPSA) is 38.3 Å². The lowest BCUT2D eigenvalue weighted by Crippen LogP contribution is -2.25. The first-order valence-electron chi connectivity index (χ1n) is 7.34. The fourth-order valence-corrected chi connectivity index (χ4v) is 3.51. The lowest BCUT2D eigenvalue weighted by Gasteiger charge is -2.30. The second kappa shape index (κ2) is 5.65. The summed E-state index contributed by atoms with van der Waals surface area (Å²) in [7, 11) is 0. The molecule has 3 rings (SSSR count). The molecule has 1 aliphatic heterocycles. The minimum atomic E-state index is -0.104. The number of carbonyl (C=O) groups excluding carboxylic acids is 1. The summed E-state index contributed by atoms with van der Waals surface area (Å²) in [5, 5.41) is 2.86. The third-order valence-electron chi connectivity index (χ3n) is 4.43. The van der Waals surface area contributed by atoms with Gasteiger partial charge in [-0.15, -0.1) is 11.6 Å². The van der Waals surface area contributed by atoms with Gasteiger partial charge in [-0.05, 0) is 42.4 Å². The van der Waals surface area contributed by atoms with Crippen molar-refractivity contribution < 1.29 is 9.53 Å². The Morgan fingerprint density at radius 1 is 1.30 bits per heavy atom. The number of carbonyl (C=O) groups is 1. The lowest BCUT2D eigenvalue weighted by molar-refractivity contribution is -0.118. The molecule has 4 heteroatoms. The number of fused-ring (bicyclic) bond motifs is 1. The molecule has 1 unspecified atom stereocenters. The maximum Gasteiger partial charge on any atom is 0.262 e. The molecule has 20 heavy (non-hydrogen) atoms. The van der Waals surface area contributed by atoms with Gasteiger partial charge >= 0.3 is 0 Å². The van der Waals surface area contributed by atoms with Crippen LogP contribution < -0.4 is 10.1 Å². The number of anilines is 1. The number of alkyl halides is 1. The van der Waals surface area contributed by atoms with Gasteiger partial charge in [-0.2, -0.15) is 0 Å². The van der Waals surface area contributed by atoms with Gasteiger partial charge in [0.15, 0.2) is 6.61 Å². The van der Waals surface area contributed by atoms with Gasteiger partial charge in [0.25, 0.3) is 5.91 Å². The van der Waals surface area contributed by atoms with E-state index in [9.17, 15) is 4.79 Å². The average Bonchev–Trinajstić information content (AvgIpc) is 2.46. The SMILES string of the molecule is CC1CCC(C(Cl)c2ccc3c(c2)NC(=O)CO3)CC1. The van der Waals surface area contributed by atoms with Crippen molar-refractivity contribution in [3.8, 4) is 5.75 Å². The van der Waals surface area contributed by atoms with Crippen LogP contribution in [0.15, 0.2) is 18.2 Å². The summed E-state index contributed by atoms with van der Waals surface area (Å²) in [4.78, 5) is 11.4. The normalized spacial score (nSPS) is 27.2. The molecule has 1 aliphatic carbocycles. The molecule has 1 amide bonds. The van der Waals surface area contributed by atoms with Crippen molar-refractivity contribution in [3.05, 3.63) is 23.8 Å². The number of rotatable bonds is 2. The molecule has 1 fully saturated rings. The molecular formula is C16H20ClNO2. The Morgan fingerprint density at radius 3 is 2.80 bits per heavy atom. The van der Waals surface area contributed by atoms with Crippen LogP contribution in [0.3, 0.4) is 0 Å². The summed E-state index contributed by atoms with van der Waals surface area (Å²) in [6.07, 6.45) is 4.90. The Balaban J connectivity index is 1.76. The maximum absolute atomic E-state index is 11.4.